The normalized spacial score (nSPS) is 11.0. The topological polar surface area (TPSA) is 29.9 Å². The van der Waals surface area contributed by atoms with Crippen molar-refractivity contribution in [1.82, 2.24) is 9.55 Å². The minimum absolute atomic E-state index is 0.0219. The first-order chi connectivity index (χ1) is 10.0. The number of nitrogens with zero attached hydrogens (tertiary/aromatic N) is 1. The average molecular weight is 327 g/mol. The summed E-state index contributed by atoms with van der Waals surface area (Å²) in [5.41, 5.74) is 1.61. The molecule has 0 saturated carbocycles. The zero-order valence-electron chi connectivity index (χ0n) is 10.8. The lowest BCUT2D eigenvalue weighted by molar-refractivity contribution is 0.409. The highest BCUT2D eigenvalue weighted by atomic mass is 35.5. The zero-order chi connectivity index (χ0) is 15.1. The molecular weight excluding hydrogens is 318 g/mol. The molecule has 0 atom stereocenters. The minimum Gasteiger partial charge on any atom is -0.494 e. The Morgan fingerprint density at radius 1 is 1.24 bits per heavy atom. The Kier molecular flexibility index (Phi) is 3.43. The van der Waals surface area contributed by atoms with E-state index in [4.69, 9.17) is 28.6 Å². The molecule has 0 saturated heterocycles. The molecule has 0 unspecified atom stereocenters. The number of hydrogen-bond acceptors (Lipinski definition) is 2. The highest BCUT2D eigenvalue weighted by Gasteiger charge is 2.14. The third-order valence-electron chi connectivity index (χ3n) is 3.11. The Morgan fingerprint density at radius 3 is 2.71 bits per heavy atom. The lowest BCUT2D eigenvalue weighted by atomic mass is 10.2. The van der Waals surface area contributed by atoms with Gasteiger partial charge in [-0.1, -0.05) is 11.6 Å². The van der Waals surface area contributed by atoms with Crippen molar-refractivity contribution in [3.05, 3.63) is 51.8 Å². The van der Waals surface area contributed by atoms with E-state index in [0.717, 1.165) is 0 Å². The van der Waals surface area contributed by atoms with Crippen molar-refractivity contribution in [2.45, 2.75) is 0 Å². The van der Waals surface area contributed by atoms with E-state index in [9.17, 15) is 8.78 Å². The summed E-state index contributed by atoms with van der Waals surface area (Å²) < 4.78 is 34.0. The van der Waals surface area contributed by atoms with E-state index in [-0.39, 0.29) is 5.02 Å². The number of methoxy groups -OCH3 is 1. The number of aromatic nitrogens is 2. The van der Waals surface area contributed by atoms with E-state index in [1.807, 2.05) is 0 Å². The van der Waals surface area contributed by atoms with Crippen molar-refractivity contribution in [2.75, 3.05) is 7.11 Å². The van der Waals surface area contributed by atoms with E-state index in [1.165, 1.54) is 37.4 Å². The Labute approximate surface area is 128 Å². The van der Waals surface area contributed by atoms with Crippen LogP contribution < -0.4 is 4.74 Å². The molecule has 7 heteroatoms. The van der Waals surface area contributed by atoms with Crippen LogP contribution in [0.4, 0.5) is 8.78 Å². The molecule has 3 aromatic rings. The molecule has 1 heterocycles. The molecular formula is C14H9ClF2N2OS. The SMILES string of the molecule is COc1cc(F)ccc1-n1c(=S)[nH]c2cc(F)c(Cl)cc21. The first-order valence-corrected chi connectivity index (χ1v) is 6.73. The Morgan fingerprint density at radius 2 is 2.00 bits per heavy atom. The molecule has 0 radical (unpaired) electrons. The van der Waals surface area contributed by atoms with Gasteiger partial charge < -0.3 is 9.72 Å². The van der Waals surface area contributed by atoms with Crippen molar-refractivity contribution in [2.24, 2.45) is 0 Å². The van der Waals surface area contributed by atoms with Crippen LogP contribution in [0.25, 0.3) is 16.7 Å². The van der Waals surface area contributed by atoms with Gasteiger partial charge in [-0.15, -0.1) is 0 Å². The number of ether oxygens (including phenoxy) is 1. The molecule has 0 bridgehead atoms. The van der Waals surface area contributed by atoms with Crippen LogP contribution in [0.3, 0.4) is 0 Å². The summed E-state index contributed by atoms with van der Waals surface area (Å²) in [7, 11) is 1.43. The number of halogens is 3. The summed E-state index contributed by atoms with van der Waals surface area (Å²) in [6.45, 7) is 0. The predicted octanol–water partition coefficient (Wildman–Crippen LogP) is 4.63. The van der Waals surface area contributed by atoms with E-state index in [1.54, 1.807) is 4.57 Å². The standard InChI is InChI=1S/C14H9ClF2N2OS/c1-20-13-4-7(16)2-3-11(13)19-12-5-8(15)9(17)6-10(12)18-14(19)21/h2-6H,1H3,(H,18,21). The molecule has 0 fully saturated rings. The Hall–Kier alpha value is -1.92. The summed E-state index contributed by atoms with van der Waals surface area (Å²) in [6.07, 6.45) is 0. The number of nitrogens with one attached hydrogen (secondary N) is 1. The number of benzene rings is 2. The summed E-state index contributed by atoms with van der Waals surface area (Å²) in [5.74, 6) is -0.655. The van der Waals surface area contributed by atoms with E-state index in [2.05, 4.69) is 4.98 Å². The van der Waals surface area contributed by atoms with E-state index < -0.39 is 11.6 Å². The maximum Gasteiger partial charge on any atom is 0.182 e. The van der Waals surface area contributed by atoms with Crippen LogP contribution in [0.15, 0.2) is 30.3 Å². The third kappa shape index (κ3) is 2.30. The average Bonchev–Trinajstić information content (AvgIpc) is 2.75. The predicted molar refractivity (Wildman–Crippen MR) is 79.9 cm³/mol. The number of hydrogen-bond donors (Lipinski definition) is 1. The van der Waals surface area contributed by atoms with Crippen LogP contribution in [-0.2, 0) is 0 Å². The fourth-order valence-corrected chi connectivity index (χ4v) is 2.64. The van der Waals surface area contributed by atoms with Crippen molar-refractivity contribution in [3.8, 4) is 11.4 Å². The van der Waals surface area contributed by atoms with Gasteiger partial charge in [-0.3, -0.25) is 4.57 Å². The largest absolute Gasteiger partial charge is 0.494 e. The van der Waals surface area contributed by atoms with E-state index in [0.29, 0.717) is 27.2 Å². The Bertz CT molecular complexity index is 904. The molecule has 0 spiro atoms. The summed E-state index contributed by atoms with van der Waals surface area (Å²) in [4.78, 5) is 2.89. The van der Waals surface area contributed by atoms with Crippen molar-refractivity contribution in [3.63, 3.8) is 0 Å². The molecule has 0 amide bonds. The summed E-state index contributed by atoms with van der Waals surface area (Å²) in [6, 6.07) is 6.81. The van der Waals surface area contributed by atoms with Crippen molar-refractivity contribution < 1.29 is 13.5 Å². The fraction of sp³-hybridized carbons (Fsp3) is 0.0714. The molecule has 1 aromatic heterocycles. The van der Waals surface area contributed by atoms with Gasteiger partial charge in [0.2, 0.25) is 0 Å². The van der Waals surface area contributed by atoms with Crippen molar-refractivity contribution in [1.29, 1.82) is 0 Å². The summed E-state index contributed by atoms with van der Waals surface area (Å²) >= 11 is 11.1. The second kappa shape index (κ2) is 5.13. The number of fused-ring (bicyclic) bond motifs is 1. The molecule has 0 aliphatic carbocycles. The van der Waals surface area contributed by atoms with E-state index >= 15 is 0 Å². The maximum absolute atomic E-state index is 13.5. The van der Waals surface area contributed by atoms with Gasteiger partial charge in [0.25, 0.3) is 0 Å². The van der Waals surface area contributed by atoms with Gasteiger partial charge in [-0.25, -0.2) is 8.78 Å². The minimum atomic E-state index is -0.543. The second-order valence-corrected chi connectivity index (χ2v) is 5.16. The molecule has 0 aliphatic rings. The highest BCUT2D eigenvalue weighted by molar-refractivity contribution is 7.71. The van der Waals surface area contributed by atoms with Crippen LogP contribution >= 0.6 is 23.8 Å². The Balaban J connectivity index is 2.38. The molecule has 21 heavy (non-hydrogen) atoms. The maximum atomic E-state index is 13.5. The quantitative estimate of drug-likeness (QED) is 0.696. The summed E-state index contributed by atoms with van der Waals surface area (Å²) in [5, 5.41) is -0.0219. The smallest absolute Gasteiger partial charge is 0.182 e. The molecule has 108 valence electrons. The number of rotatable bonds is 2. The van der Waals surface area contributed by atoms with Gasteiger partial charge in [0.05, 0.1) is 28.9 Å². The lowest BCUT2D eigenvalue weighted by Crippen LogP contribution is -1.99. The van der Waals surface area contributed by atoms with Crippen LogP contribution in [-0.4, -0.2) is 16.7 Å². The molecule has 0 aliphatic heterocycles. The highest BCUT2D eigenvalue weighted by Crippen LogP contribution is 2.30. The molecule has 3 rings (SSSR count). The van der Waals surface area contributed by atoms with Crippen LogP contribution in [0.1, 0.15) is 0 Å². The lowest BCUT2D eigenvalue weighted by Gasteiger charge is -2.10. The fourth-order valence-electron chi connectivity index (χ4n) is 2.18. The van der Waals surface area contributed by atoms with Crippen LogP contribution in [0.2, 0.25) is 5.02 Å². The van der Waals surface area contributed by atoms with Gasteiger partial charge >= 0.3 is 0 Å². The zero-order valence-corrected chi connectivity index (χ0v) is 12.4. The molecule has 1 N–H and O–H groups in total. The van der Waals surface area contributed by atoms with Gasteiger partial charge in [0.15, 0.2) is 4.77 Å². The first kappa shape index (κ1) is 14.0. The van der Waals surface area contributed by atoms with Gasteiger partial charge in [0, 0.05) is 12.1 Å². The third-order valence-corrected chi connectivity index (χ3v) is 3.68. The van der Waals surface area contributed by atoms with Crippen LogP contribution in [0, 0.1) is 16.4 Å². The van der Waals surface area contributed by atoms with Gasteiger partial charge in [-0.05, 0) is 30.4 Å². The van der Waals surface area contributed by atoms with Crippen molar-refractivity contribution >= 4 is 34.9 Å². The number of aromatic amines is 1. The van der Waals surface area contributed by atoms with Gasteiger partial charge in [-0.2, -0.15) is 0 Å². The molecule has 3 nitrogen and oxygen atoms in total. The van der Waals surface area contributed by atoms with Gasteiger partial charge in [0.1, 0.15) is 17.4 Å². The number of H-pyrrole nitrogens is 1. The second-order valence-electron chi connectivity index (χ2n) is 4.37. The first-order valence-electron chi connectivity index (χ1n) is 5.95. The van der Waals surface area contributed by atoms with Crippen LogP contribution in [0.5, 0.6) is 5.75 Å². The monoisotopic (exact) mass is 326 g/mol. The molecule has 2 aromatic carbocycles. The number of imidazole rings is 1.